The summed E-state index contributed by atoms with van der Waals surface area (Å²) >= 11 is 0. The van der Waals surface area contributed by atoms with Crippen molar-refractivity contribution in [1.29, 1.82) is 0 Å². The van der Waals surface area contributed by atoms with Crippen LogP contribution in [0.25, 0.3) is 0 Å². The maximum Gasteiger partial charge on any atom is 0.231 e. The Kier molecular flexibility index (Phi) is 3.94. The molecule has 2 saturated heterocycles. The van der Waals surface area contributed by atoms with E-state index in [1.807, 2.05) is 0 Å². The highest BCUT2D eigenvalue weighted by Gasteiger charge is 2.50. The summed E-state index contributed by atoms with van der Waals surface area (Å²) in [5.74, 6) is -1.60. The fourth-order valence-corrected chi connectivity index (χ4v) is 4.29. The molecule has 0 aromatic rings. The number of hydrogen-bond acceptors (Lipinski definition) is 4. The standard InChI is InChI=1S/C13H22N2O4S/c1-13(2,3)5-4-6-20(18,19)15-7-9-10(8-15)12(17)14-11(9)16/h9-10H,4-8H2,1-3H3,(H,14,16,17)/t9-,10+. The molecule has 2 aliphatic heterocycles. The lowest BCUT2D eigenvalue weighted by Gasteiger charge is -2.20. The highest BCUT2D eigenvalue weighted by Crippen LogP contribution is 2.30. The molecular weight excluding hydrogens is 280 g/mol. The van der Waals surface area contributed by atoms with Crippen molar-refractivity contribution in [1.82, 2.24) is 9.62 Å². The van der Waals surface area contributed by atoms with E-state index in [1.54, 1.807) is 0 Å². The van der Waals surface area contributed by atoms with Crippen molar-refractivity contribution in [3.8, 4) is 0 Å². The van der Waals surface area contributed by atoms with Gasteiger partial charge in [-0.1, -0.05) is 20.8 Å². The second-order valence-corrected chi connectivity index (χ2v) is 8.95. The molecule has 2 heterocycles. The number of rotatable bonds is 4. The van der Waals surface area contributed by atoms with E-state index < -0.39 is 21.9 Å². The minimum Gasteiger partial charge on any atom is -0.296 e. The highest BCUT2D eigenvalue weighted by molar-refractivity contribution is 7.89. The monoisotopic (exact) mass is 302 g/mol. The van der Waals surface area contributed by atoms with Crippen LogP contribution in [0, 0.1) is 17.3 Å². The predicted octanol–water partition coefficient (Wildman–Crippen LogP) is 0.347. The molecule has 0 radical (unpaired) electrons. The van der Waals surface area contributed by atoms with Gasteiger partial charge in [-0.25, -0.2) is 12.7 Å². The summed E-state index contributed by atoms with van der Waals surface area (Å²) in [5, 5.41) is 2.25. The molecule has 0 saturated carbocycles. The molecule has 0 aromatic carbocycles. The Morgan fingerprint density at radius 2 is 1.65 bits per heavy atom. The molecule has 6 nitrogen and oxygen atoms in total. The van der Waals surface area contributed by atoms with Crippen molar-refractivity contribution in [3.05, 3.63) is 0 Å². The molecular formula is C13H22N2O4S. The molecule has 2 fully saturated rings. The quantitative estimate of drug-likeness (QED) is 0.759. The maximum absolute atomic E-state index is 12.2. The molecule has 2 aliphatic rings. The number of nitrogens with zero attached hydrogens (tertiary/aromatic N) is 1. The van der Waals surface area contributed by atoms with Crippen LogP contribution in [0.5, 0.6) is 0 Å². The molecule has 2 atom stereocenters. The van der Waals surface area contributed by atoms with Gasteiger partial charge in [0.1, 0.15) is 0 Å². The lowest BCUT2D eigenvalue weighted by molar-refractivity contribution is -0.126. The minimum absolute atomic E-state index is 0.0829. The van der Waals surface area contributed by atoms with Gasteiger partial charge in [0.25, 0.3) is 0 Å². The fourth-order valence-electron chi connectivity index (χ4n) is 2.75. The van der Waals surface area contributed by atoms with Crippen LogP contribution in [-0.4, -0.2) is 43.4 Å². The Hall–Kier alpha value is -0.950. The Labute approximate surface area is 120 Å². The van der Waals surface area contributed by atoms with Crippen molar-refractivity contribution in [3.63, 3.8) is 0 Å². The zero-order chi connectivity index (χ0) is 15.1. The molecule has 0 aliphatic carbocycles. The van der Waals surface area contributed by atoms with Crippen molar-refractivity contribution in [2.45, 2.75) is 33.6 Å². The molecule has 0 spiro atoms. The molecule has 7 heteroatoms. The molecule has 2 amide bonds. The Bertz CT molecular complexity index is 499. The van der Waals surface area contributed by atoms with E-state index in [-0.39, 0.29) is 36.1 Å². The lowest BCUT2D eigenvalue weighted by atomic mass is 9.91. The van der Waals surface area contributed by atoms with E-state index >= 15 is 0 Å². The van der Waals surface area contributed by atoms with E-state index in [0.717, 1.165) is 6.42 Å². The lowest BCUT2D eigenvalue weighted by Crippen LogP contribution is -2.36. The minimum atomic E-state index is -3.37. The van der Waals surface area contributed by atoms with E-state index in [4.69, 9.17) is 0 Å². The average Bonchev–Trinajstić information content (AvgIpc) is 2.80. The Balaban J connectivity index is 1.95. The number of carbonyl (C=O) groups is 2. The second kappa shape index (κ2) is 5.11. The van der Waals surface area contributed by atoms with Crippen LogP contribution in [-0.2, 0) is 19.6 Å². The first-order valence-corrected chi connectivity index (χ1v) is 8.54. The van der Waals surface area contributed by atoms with E-state index in [0.29, 0.717) is 6.42 Å². The third-order valence-electron chi connectivity index (χ3n) is 3.93. The summed E-state index contributed by atoms with van der Waals surface area (Å²) in [7, 11) is -3.37. The molecule has 0 unspecified atom stereocenters. The van der Waals surface area contributed by atoms with Gasteiger partial charge in [0.2, 0.25) is 21.8 Å². The van der Waals surface area contributed by atoms with E-state index in [9.17, 15) is 18.0 Å². The third kappa shape index (κ3) is 3.20. The molecule has 0 aromatic heterocycles. The van der Waals surface area contributed by atoms with E-state index in [2.05, 4.69) is 26.1 Å². The summed E-state index contributed by atoms with van der Waals surface area (Å²) < 4.78 is 25.8. The molecule has 1 N–H and O–H groups in total. The van der Waals surface area contributed by atoms with Gasteiger partial charge in [-0.05, 0) is 18.3 Å². The smallest absolute Gasteiger partial charge is 0.231 e. The number of fused-ring (bicyclic) bond motifs is 1. The summed E-state index contributed by atoms with van der Waals surface area (Å²) in [5.41, 5.74) is 0.104. The first kappa shape index (κ1) is 15.4. The molecule has 114 valence electrons. The zero-order valence-electron chi connectivity index (χ0n) is 12.2. The van der Waals surface area contributed by atoms with Crippen molar-refractivity contribution in [2.24, 2.45) is 17.3 Å². The number of carbonyl (C=O) groups excluding carboxylic acids is 2. The van der Waals surface area contributed by atoms with Gasteiger partial charge in [0.15, 0.2) is 0 Å². The second-order valence-electron chi connectivity index (χ2n) is 6.86. The van der Waals surface area contributed by atoms with Crippen LogP contribution in [0.3, 0.4) is 0 Å². The number of amides is 2. The Morgan fingerprint density at radius 1 is 1.15 bits per heavy atom. The summed E-state index contributed by atoms with van der Waals surface area (Å²) in [6, 6.07) is 0. The molecule has 20 heavy (non-hydrogen) atoms. The highest BCUT2D eigenvalue weighted by atomic mass is 32.2. The van der Waals surface area contributed by atoms with Crippen LogP contribution in [0.15, 0.2) is 0 Å². The van der Waals surface area contributed by atoms with Gasteiger partial charge >= 0.3 is 0 Å². The van der Waals surface area contributed by atoms with Gasteiger partial charge < -0.3 is 0 Å². The number of nitrogens with one attached hydrogen (secondary N) is 1. The van der Waals surface area contributed by atoms with Crippen LogP contribution in [0.2, 0.25) is 0 Å². The Morgan fingerprint density at radius 3 is 2.10 bits per heavy atom. The summed E-state index contributed by atoms with van der Waals surface area (Å²) in [4.78, 5) is 23.1. The van der Waals surface area contributed by atoms with Gasteiger partial charge in [-0.2, -0.15) is 0 Å². The normalized spacial score (nSPS) is 27.8. The first-order chi connectivity index (χ1) is 9.10. The van der Waals surface area contributed by atoms with Crippen LogP contribution >= 0.6 is 0 Å². The van der Waals surface area contributed by atoms with Crippen molar-refractivity contribution < 1.29 is 18.0 Å². The first-order valence-electron chi connectivity index (χ1n) is 6.93. The summed E-state index contributed by atoms with van der Waals surface area (Å²) in [6.07, 6.45) is 1.42. The average molecular weight is 302 g/mol. The predicted molar refractivity (Wildman–Crippen MR) is 74.2 cm³/mol. The van der Waals surface area contributed by atoms with E-state index in [1.165, 1.54) is 4.31 Å². The number of hydrogen-bond donors (Lipinski definition) is 1. The number of imide groups is 1. The maximum atomic E-state index is 12.2. The SMILES string of the molecule is CC(C)(C)CCCS(=O)(=O)N1C[C@@H]2C(=O)NC(=O)[C@@H]2C1. The molecule has 0 bridgehead atoms. The van der Waals surface area contributed by atoms with Crippen LogP contribution < -0.4 is 5.32 Å². The van der Waals surface area contributed by atoms with Crippen LogP contribution in [0.4, 0.5) is 0 Å². The zero-order valence-corrected chi connectivity index (χ0v) is 13.0. The van der Waals surface area contributed by atoms with Crippen molar-refractivity contribution >= 4 is 21.8 Å². The molecule has 2 rings (SSSR count). The fraction of sp³-hybridized carbons (Fsp3) is 0.846. The van der Waals surface area contributed by atoms with Gasteiger partial charge in [-0.3, -0.25) is 14.9 Å². The van der Waals surface area contributed by atoms with Gasteiger partial charge in [0, 0.05) is 13.1 Å². The van der Waals surface area contributed by atoms with Crippen LogP contribution in [0.1, 0.15) is 33.6 Å². The van der Waals surface area contributed by atoms with Gasteiger partial charge in [0.05, 0.1) is 17.6 Å². The largest absolute Gasteiger partial charge is 0.296 e. The van der Waals surface area contributed by atoms with Gasteiger partial charge in [-0.15, -0.1) is 0 Å². The summed E-state index contributed by atoms with van der Waals surface area (Å²) in [6.45, 7) is 6.49. The topological polar surface area (TPSA) is 83.6 Å². The number of sulfonamides is 1. The van der Waals surface area contributed by atoms with Crippen molar-refractivity contribution in [2.75, 3.05) is 18.8 Å². The third-order valence-corrected chi connectivity index (χ3v) is 5.82.